The van der Waals surface area contributed by atoms with Crippen LogP contribution in [-0.4, -0.2) is 35.6 Å². The number of nitrogens with zero attached hydrogens (tertiary/aromatic N) is 1. The molecule has 20 heavy (non-hydrogen) atoms. The van der Waals surface area contributed by atoms with Gasteiger partial charge in [-0.05, 0) is 37.7 Å². The van der Waals surface area contributed by atoms with E-state index in [1.54, 1.807) is 0 Å². The Morgan fingerprint density at radius 3 is 2.50 bits per heavy atom. The number of aliphatic hydroxyl groups is 1. The van der Waals surface area contributed by atoms with Crippen molar-refractivity contribution < 1.29 is 14.3 Å². The van der Waals surface area contributed by atoms with E-state index in [9.17, 15) is 9.90 Å². The zero-order valence-electron chi connectivity index (χ0n) is 12.7. The maximum Gasteiger partial charge on any atom is 0.289 e. The summed E-state index contributed by atoms with van der Waals surface area (Å²) in [5.74, 6) is 1.33. The molecule has 1 aliphatic heterocycles. The fraction of sp³-hybridized carbons (Fsp3) is 0.688. The van der Waals surface area contributed by atoms with Gasteiger partial charge in [0.25, 0.3) is 5.91 Å². The largest absolute Gasteiger partial charge is 0.456 e. The molecule has 112 valence electrons. The zero-order valence-corrected chi connectivity index (χ0v) is 12.7. The van der Waals surface area contributed by atoms with Crippen LogP contribution in [0.5, 0.6) is 0 Å². The number of carbonyl (C=O) groups excluding carboxylic acids is 1. The van der Waals surface area contributed by atoms with Crippen LogP contribution in [-0.2, 0) is 6.42 Å². The average Bonchev–Trinajstić information content (AvgIpc) is 2.88. The summed E-state index contributed by atoms with van der Waals surface area (Å²) in [6, 6.07) is 1.95. The van der Waals surface area contributed by atoms with E-state index < -0.39 is 0 Å². The summed E-state index contributed by atoms with van der Waals surface area (Å²) in [6.07, 6.45) is 3.50. The van der Waals surface area contributed by atoms with Gasteiger partial charge in [0, 0.05) is 31.7 Å². The third-order valence-corrected chi connectivity index (χ3v) is 4.71. The Hall–Kier alpha value is -1.29. The summed E-state index contributed by atoms with van der Waals surface area (Å²) < 4.78 is 5.64. The highest BCUT2D eigenvalue weighted by molar-refractivity contribution is 5.93. The molecule has 1 fully saturated rings. The van der Waals surface area contributed by atoms with E-state index in [2.05, 4.69) is 6.92 Å². The number of likely N-dealkylation sites (tertiary alicyclic amines) is 1. The van der Waals surface area contributed by atoms with Crippen molar-refractivity contribution in [3.8, 4) is 0 Å². The lowest BCUT2D eigenvalue weighted by Crippen LogP contribution is -2.44. The smallest absolute Gasteiger partial charge is 0.289 e. The highest BCUT2D eigenvalue weighted by Gasteiger charge is 2.35. The summed E-state index contributed by atoms with van der Waals surface area (Å²) >= 11 is 0. The molecular formula is C16H25NO3. The maximum atomic E-state index is 12.5. The lowest BCUT2D eigenvalue weighted by atomic mass is 9.77. The van der Waals surface area contributed by atoms with Crippen molar-refractivity contribution in [3.63, 3.8) is 0 Å². The van der Waals surface area contributed by atoms with Gasteiger partial charge in [-0.2, -0.15) is 0 Å². The Balaban J connectivity index is 2.06. The van der Waals surface area contributed by atoms with E-state index in [1.165, 1.54) is 0 Å². The molecule has 1 aromatic rings. The van der Waals surface area contributed by atoms with Crippen molar-refractivity contribution in [2.45, 2.75) is 46.5 Å². The molecule has 1 amide bonds. The van der Waals surface area contributed by atoms with Gasteiger partial charge >= 0.3 is 0 Å². The molecule has 2 heterocycles. The summed E-state index contributed by atoms with van der Waals surface area (Å²) in [7, 11) is 0. The van der Waals surface area contributed by atoms with E-state index in [4.69, 9.17) is 4.42 Å². The first-order chi connectivity index (χ1) is 9.55. The van der Waals surface area contributed by atoms with Gasteiger partial charge in [-0.15, -0.1) is 0 Å². The third kappa shape index (κ3) is 2.75. The van der Waals surface area contributed by atoms with Gasteiger partial charge in [0.2, 0.25) is 0 Å². The first-order valence-electron chi connectivity index (χ1n) is 7.54. The number of furan rings is 1. The Kier molecular flexibility index (Phi) is 4.53. The predicted molar refractivity (Wildman–Crippen MR) is 77.8 cm³/mol. The van der Waals surface area contributed by atoms with E-state index in [0.717, 1.165) is 37.0 Å². The van der Waals surface area contributed by atoms with Crippen LogP contribution in [0.1, 0.15) is 55.0 Å². The Morgan fingerprint density at radius 2 is 2.05 bits per heavy atom. The molecule has 0 bridgehead atoms. The van der Waals surface area contributed by atoms with Crippen LogP contribution in [0.15, 0.2) is 10.5 Å². The summed E-state index contributed by atoms with van der Waals surface area (Å²) in [4.78, 5) is 14.4. The Morgan fingerprint density at radius 1 is 1.40 bits per heavy atom. The summed E-state index contributed by atoms with van der Waals surface area (Å²) in [5.41, 5.74) is 0.921. The second-order valence-electron chi connectivity index (χ2n) is 5.88. The molecule has 1 aromatic heterocycles. The first-order valence-corrected chi connectivity index (χ1v) is 7.54. The van der Waals surface area contributed by atoms with Gasteiger partial charge in [-0.3, -0.25) is 4.79 Å². The van der Waals surface area contributed by atoms with Crippen LogP contribution in [0.2, 0.25) is 0 Å². The molecular weight excluding hydrogens is 254 g/mol. The molecule has 4 nitrogen and oxygen atoms in total. The van der Waals surface area contributed by atoms with Crippen molar-refractivity contribution in [1.82, 2.24) is 4.90 Å². The van der Waals surface area contributed by atoms with E-state index in [0.29, 0.717) is 18.8 Å². The number of aliphatic hydroxyl groups excluding tert-OH is 1. The molecule has 0 radical (unpaired) electrons. The lowest BCUT2D eigenvalue weighted by Gasteiger charge is -2.40. The van der Waals surface area contributed by atoms with Gasteiger partial charge in [-0.25, -0.2) is 0 Å². The van der Waals surface area contributed by atoms with Crippen LogP contribution < -0.4 is 0 Å². The van der Waals surface area contributed by atoms with Crippen molar-refractivity contribution in [2.75, 3.05) is 19.7 Å². The molecule has 0 aliphatic carbocycles. The minimum absolute atomic E-state index is 0.00354. The highest BCUT2D eigenvalue weighted by atomic mass is 16.4. The Labute approximate surface area is 120 Å². The van der Waals surface area contributed by atoms with Gasteiger partial charge in [-0.1, -0.05) is 13.8 Å². The van der Waals surface area contributed by atoms with E-state index >= 15 is 0 Å². The van der Waals surface area contributed by atoms with Crippen LogP contribution in [0.3, 0.4) is 0 Å². The van der Waals surface area contributed by atoms with Gasteiger partial charge in [0.05, 0.1) is 0 Å². The fourth-order valence-electron chi connectivity index (χ4n) is 2.89. The summed E-state index contributed by atoms with van der Waals surface area (Å²) in [5, 5.41) is 9.54. The number of hydrogen-bond acceptors (Lipinski definition) is 3. The van der Waals surface area contributed by atoms with Crippen molar-refractivity contribution in [1.29, 1.82) is 0 Å². The van der Waals surface area contributed by atoms with Crippen molar-refractivity contribution in [2.24, 2.45) is 5.41 Å². The van der Waals surface area contributed by atoms with E-state index in [-0.39, 0.29) is 17.9 Å². The second-order valence-corrected chi connectivity index (χ2v) is 5.88. The predicted octanol–water partition coefficient (Wildman–Crippen LogP) is 2.78. The van der Waals surface area contributed by atoms with Gasteiger partial charge < -0.3 is 14.4 Å². The number of rotatable bonds is 4. The quantitative estimate of drug-likeness (QED) is 0.922. The molecule has 1 N–H and O–H groups in total. The number of piperidine rings is 1. The number of amides is 1. The van der Waals surface area contributed by atoms with Crippen LogP contribution in [0, 0.1) is 12.3 Å². The first kappa shape index (κ1) is 15.1. The van der Waals surface area contributed by atoms with Gasteiger partial charge in [0.1, 0.15) is 5.76 Å². The fourth-order valence-corrected chi connectivity index (χ4v) is 2.89. The average molecular weight is 279 g/mol. The maximum absolute atomic E-state index is 12.5. The molecule has 0 saturated carbocycles. The van der Waals surface area contributed by atoms with Crippen LogP contribution >= 0.6 is 0 Å². The summed E-state index contributed by atoms with van der Waals surface area (Å²) in [6.45, 7) is 7.67. The number of hydrogen-bond donors (Lipinski definition) is 1. The monoisotopic (exact) mass is 279 g/mol. The zero-order chi connectivity index (χ0) is 14.8. The number of carbonyl (C=O) groups is 1. The molecule has 2 rings (SSSR count). The molecule has 1 saturated heterocycles. The normalized spacial score (nSPS) is 18.3. The Bertz CT molecular complexity index is 464. The second kappa shape index (κ2) is 6.00. The standard InChI is InChI=1S/C16H25NO3/c1-4-13-10-12(3)14(20-13)15(19)17-8-6-16(5-2,11-18)7-9-17/h10,18H,4-9,11H2,1-3H3. The van der Waals surface area contributed by atoms with Crippen LogP contribution in [0.25, 0.3) is 0 Å². The van der Waals surface area contributed by atoms with Crippen molar-refractivity contribution >= 4 is 5.91 Å². The van der Waals surface area contributed by atoms with Crippen LogP contribution in [0.4, 0.5) is 0 Å². The SMILES string of the molecule is CCc1cc(C)c(C(=O)N2CCC(CC)(CO)CC2)o1. The topological polar surface area (TPSA) is 53.7 Å². The van der Waals surface area contributed by atoms with Gasteiger partial charge in [0.15, 0.2) is 5.76 Å². The molecule has 0 aromatic carbocycles. The molecule has 4 heteroatoms. The number of aryl methyl sites for hydroxylation is 2. The molecule has 1 aliphatic rings. The minimum atomic E-state index is -0.00940. The lowest BCUT2D eigenvalue weighted by molar-refractivity contribution is 0.0319. The minimum Gasteiger partial charge on any atom is -0.456 e. The molecule has 0 unspecified atom stereocenters. The third-order valence-electron chi connectivity index (χ3n) is 4.71. The molecule has 0 atom stereocenters. The molecule has 0 spiro atoms. The van der Waals surface area contributed by atoms with E-state index in [1.807, 2.05) is 24.8 Å². The van der Waals surface area contributed by atoms with Crippen molar-refractivity contribution in [3.05, 3.63) is 23.2 Å². The highest BCUT2D eigenvalue weighted by Crippen LogP contribution is 2.34.